The minimum absolute atomic E-state index is 0.166. The van der Waals surface area contributed by atoms with Crippen molar-refractivity contribution in [1.29, 1.82) is 0 Å². The number of hydrogen-bond acceptors (Lipinski definition) is 5. The fourth-order valence-electron chi connectivity index (χ4n) is 4.50. The van der Waals surface area contributed by atoms with Gasteiger partial charge in [-0.2, -0.15) is 0 Å². The van der Waals surface area contributed by atoms with Crippen molar-refractivity contribution in [3.8, 4) is 16.9 Å². The lowest BCUT2D eigenvalue weighted by atomic mass is 9.98. The molecule has 1 aliphatic heterocycles. The molecule has 35 heavy (non-hydrogen) atoms. The minimum Gasteiger partial charge on any atom is -0.481 e. The summed E-state index contributed by atoms with van der Waals surface area (Å²) < 4.78 is 24.7. The molecule has 1 aromatic heterocycles. The third-order valence-electron chi connectivity index (χ3n) is 6.29. The maximum atomic E-state index is 13.5. The highest BCUT2D eigenvalue weighted by molar-refractivity contribution is 6.33. The number of amides is 1. The summed E-state index contributed by atoms with van der Waals surface area (Å²) in [6.45, 7) is 6.63. The molecule has 0 bridgehead atoms. The molecule has 2 atom stereocenters. The van der Waals surface area contributed by atoms with Gasteiger partial charge in [0.15, 0.2) is 6.10 Å². The number of aryl methyl sites for hydroxylation is 1. The predicted molar refractivity (Wildman–Crippen MR) is 133 cm³/mol. The number of carbonyl (C=O) groups excluding carboxylic acids is 2. The summed E-state index contributed by atoms with van der Waals surface area (Å²) in [7, 11) is 0. The van der Waals surface area contributed by atoms with Gasteiger partial charge in [0.2, 0.25) is 0 Å². The van der Waals surface area contributed by atoms with Crippen molar-refractivity contribution < 1.29 is 23.5 Å². The number of carbonyl (C=O) groups is 2. The smallest absolute Gasteiger partial charge is 0.310 e. The number of ether oxygens (including phenoxy) is 2. The Labute approximate surface area is 209 Å². The van der Waals surface area contributed by atoms with Crippen LogP contribution in [0.25, 0.3) is 21.9 Å². The molecular formula is C27H28ClFN2O4. The Morgan fingerprint density at radius 2 is 2.00 bits per heavy atom. The van der Waals surface area contributed by atoms with Crippen molar-refractivity contribution in [2.24, 2.45) is 5.92 Å². The summed E-state index contributed by atoms with van der Waals surface area (Å²) in [4.78, 5) is 31.3. The Morgan fingerprint density at radius 1 is 1.20 bits per heavy atom. The van der Waals surface area contributed by atoms with Crippen molar-refractivity contribution >= 4 is 34.2 Å². The van der Waals surface area contributed by atoms with Gasteiger partial charge in [0, 0.05) is 41.5 Å². The number of nitrogens with zero attached hydrogens (tertiary/aromatic N) is 2. The topological polar surface area (TPSA) is 68.7 Å². The van der Waals surface area contributed by atoms with Crippen LogP contribution in [0.1, 0.15) is 32.4 Å². The maximum absolute atomic E-state index is 13.5. The first-order valence-corrected chi connectivity index (χ1v) is 12.1. The normalized spacial score (nSPS) is 16.7. The van der Waals surface area contributed by atoms with Crippen molar-refractivity contribution in [2.75, 3.05) is 19.7 Å². The number of piperidine rings is 1. The van der Waals surface area contributed by atoms with E-state index in [9.17, 15) is 14.0 Å². The van der Waals surface area contributed by atoms with E-state index in [1.807, 2.05) is 19.1 Å². The molecule has 1 fully saturated rings. The van der Waals surface area contributed by atoms with Crippen molar-refractivity contribution in [1.82, 2.24) is 9.88 Å². The van der Waals surface area contributed by atoms with Crippen LogP contribution in [-0.2, 0) is 14.3 Å². The lowest BCUT2D eigenvalue weighted by Crippen LogP contribution is -2.47. The Bertz CT molecular complexity index is 1270. The Hall–Kier alpha value is -3.19. The summed E-state index contributed by atoms with van der Waals surface area (Å²) in [6.07, 6.45) is 2.46. The third-order valence-corrected chi connectivity index (χ3v) is 6.61. The Balaban J connectivity index is 1.54. The molecule has 2 heterocycles. The van der Waals surface area contributed by atoms with E-state index < -0.39 is 11.9 Å². The van der Waals surface area contributed by atoms with Crippen LogP contribution in [0.5, 0.6) is 5.75 Å². The van der Waals surface area contributed by atoms with Crippen LogP contribution in [0, 0.1) is 18.7 Å². The maximum Gasteiger partial charge on any atom is 0.310 e. The zero-order valence-electron chi connectivity index (χ0n) is 20.0. The average Bonchev–Trinajstić information content (AvgIpc) is 2.85. The summed E-state index contributed by atoms with van der Waals surface area (Å²) in [5.41, 5.74) is 2.26. The van der Waals surface area contributed by atoms with Crippen LogP contribution in [-0.4, -0.2) is 47.6 Å². The van der Waals surface area contributed by atoms with E-state index in [2.05, 4.69) is 4.98 Å². The second kappa shape index (κ2) is 10.6. The van der Waals surface area contributed by atoms with Crippen LogP contribution in [0.2, 0.25) is 5.02 Å². The van der Waals surface area contributed by atoms with E-state index in [1.54, 1.807) is 37.1 Å². The monoisotopic (exact) mass is 498 g/mol. The van der Waals surface area contributed by atoms with Crippen LogP contribution in [0.15, 0.2) is 42.6 Å². The SMILES string of the molecule is CCOC(=O)[C@H]1CCCN(C(=O)[C@H](C)Oc2ccc3c(-c4ccc(F)cc4Cl)cnc(C)c3c2)C1. The quantitative estimate of drug-likeness (QED) is 0.415. The van der Waals surface area contributed by atoms with Gasteiger partial charge < -0.3 is 14.4 Å². The Morgan fingerprint density at radius 3 is 2.74 bits per heavy atom. The Kier molecular flexibility index (Phi) is 7.55. The van der Waals surface area contributed by atoms with Gasteiger partial charge in [-0.25, -0.2) is 4.39 Å². The third kappa shape index (κ3) is 5.40. The number of benzene rings is 2. The molecule has 1 aliphatic rings. The van der Waals surface area contributed by atoms with E-state index in [-0.39, 0.29) is 17.8 Å². The highest BCUT2D eigenvalue weighted by Crippen LogP contribution is 2.36. The summed E-state index contributed by atoms with van der Waals surface area (Å²) in [5, 5.41) is 2.05. The highest BCUT2D eigenvalue weighted by atomic mass is 35.5. The molecule has 0 saturated carbocycles. The zero-order chi connectivity index (χ0) is 25.1. The van der Waals surface area contributed by atoms with Crippen LogP contribution in [0.4, 0.5) is 4.39 Å². The molecule has 0 radical (unpaired) electrons. The molecule has 0 spiro atoms. The van der Waals surface area contributed by atoms with Gasteiger partial charge in [0.05, 0.1) is 17.5 Å². The van der Waals surface area contributed by atoms with E-state index in [0.717, 1.165) is 34.9 Å². The molecule has 0 aliphatic carbocycles. The fraction of sp³-hybridized carbons (Fsp3) is 0.370. The van der Waals surface area contributed by atoms with E-state index in [1.165, 1.54) is 12.1 Å². The average molecular weight is 499 g/mol. The number of likely N-dealkylation sites (tertiary alicyclic amines) is 1. The van der Waals surface area contributed by atoms with Gasteiger partial charge >= 0.3 is 5.97 Å². The molecule has 184 valence electrons. The van der Waals surface area contributed by atoms with Crippen LogP contribution in [0.3, 0.4) is 0 Å². The molecule has 1 amide bonds. The number of halogens is 2. The standard InChI is InChI=1S/C27H28ClFN2O4/c1-4-34-27(33)18-6-5-11-31(15-18)26(32)17(3)35-20-8-10-21-23(13-20)16(2)30-14-24(21)22-9-7-19(29)12-25(22)28/h7-10,12-14,17-18H,4-6,11,15H2,1-3H3/t17-,18-/m0/s1. The molecule has 1 saturated heterocycles. The largest absolute Gasteiger partial charge is 0.481 e. The molecule has 6 nitrogen and oxygen atoms in total. The number of esters is 1. The van der Waals surface area contributed by atoms with Gasteiger partial charge in [0.1, 0.15) is 11.6 Å². The van der Waals surface area contributed by atoms with Crippen molar-refractivity contribution in [3.63, 3.8) is 0 Å². The summed E-state index contributed by atoms with van der Waals surface area (Å²) >= 11 is 6.30. The number of hydrogen-bond donors (Lipinski definition) is 0. The molecular weight excluding hydrogens is 471 g/mol. The number of rotatable bonds is 6. The molecule has 2 aromatic carbocycles. The first kappa shape index (κ1) is 24.9. The second-order valence-electron chi connectivity index (χ2n) is 8.72. The van der Waals surface area contributed by atoms with Gasteiger partial charge in [-0.3, -0.25) is 14.6 Å². The van der Waals surface area contributed by atoms with Crippen LogP contribution < -0.4 is 4.74 Å². The van der Waals surface area contributed by atoms with Gasteiger partial charge in [0.25, 0.3) is 5.91 Å². The minimum atomic E-state index is -0.726. The lowest BCUT2D eigenvalue weighted by molar-refractivity contribution is -0.152. The molecule has 8 heteroatoms. The summed E-state index contributed by atoms with van der Waals surface area (Å²) in [5.74, 6) is -0.593. The van der Waals surface area contributed by atoms with Gasteiger partial charge in [-0.1, -0.05) is 11.6 Å². The second-order valence-corrected chi connectivity index (χ2v) is 9.13. The van der Waals surface area contributed by atoms with E-state index in [0.29, 0.717) is 36.0 Å². The van der Waals surface area contributed by atoms with E-state index >= 15 is 0 Å². The van der Waals surface area contributed by atoms with Crippen molar-refractivity contribution in [2.45, 2.75) is 39.7 Å². The fourth-order valence-corrected chi connectivity index (χ4v) is 4.76. The number of fused-ring (bicyclic) bond motifs is 1. The van der Waals surface area contributed by atoms with E-state index in [4.69, 9.17) is 21.1 Å². The first-order chi connectivity index (χ1) is 16.8. The van der Waals surface area contributed by atoms with Gasteiger partial charge in [-0.15, -0.1) is 0 Å². The highest BCUT2D eigenvalue weighted by Gasteiger charge is 2.32. The number of pyridine rings is 1. The molecule has 0 unspecified atom stereocenters. The summed E-state index contributed by atoms with van der Waals surface area (Å²) in [6, 6.07) is 9.81. The lowest BCUT2D eigenvalue weighted by Gasteiger charge is -2.33. The zero-order valence-corrected chi connectivity index (χ0v) is 20.8. The molecule has 3 aromatic rings. The number of aromatic nitrogens is 1. The van der Waals surface area contributed by atoms with Crippen molar-refractivity contribution in [3.05, 3.63) is 59.1 Å². The first-order valence-electron chi connectivity index (χ1n) is 11.7. The predicted octanol–water partition coefficient (Wildman–Crippen LogP) is 5.57. The van der Waals surface area contributed by atoms with Crippen LogP contribution >= 0.6 is 11.6 Å². The molecule has 4 rings (SSSR count). The van der Waals surface area contributed by atoms with Gasteiger partial charge in [-0.05, 0) is 75.4 Å². The molecule has 0 N–H and O–H groups in total.